The number of hydrogen-bond donors (Lipinski definition) is 1. The Morgan fingerprint density at radius 1 is 1.29 bits per heavy atom. The number of nitrogens with zero attached hydrogens (tertiary/aromatic N) is 2. The smallest absolute Gasteiger partial charge is 0.237 e. The highest BCUT2D eigenvalue weighted by Crippen LogP contribution is 2.33. The van der Waals surface area contributed by atoms with Gasteiger partial charge in [0.1, 0.15) is 12.3 Å². The summed E-state index contributed by atoms with van der Waals surface area (Å²) in [6.45, 7) is 2.33. The van der Waals surface area contributed by atoms with E-state index in [2.05, 4.69) is 15.3 Å². The molecular weight excluding hydrogens is 238 g/mol. The summed E-state index contributed by atoms with van der Waals surface area (Å²) in [4.78, 5) is 9.10. The Hall–Kier alpha value is -0.870. The largest absolute Gasteiger partial charge is 0.475 e. The number of hydrogen-bond acceptors (Lipinski definition) is 4. The molecule has 0 unspecified atom stereocenters. The van der Waals surface area contributed by atoms with Gasteiger partial charge in [-0.05, 0) is 12.8 Å². The molecule has 2 heterocycles. The lowest BCUT2D eigenvalue weighted by Gasteiger charge is -2.11. The molecule has 1 saturated carbocycles. The van der Waals surface area contributed by atoms with Crippen LogP contribution >= 0.6 is 12.4 Å². The molecule has 0 amide bonds. The average molecular weight is 256 g/mol. The molecule has 1 aromatic rings. The second-order valence-electron chi connectivity index (χ2n) is 4.55. The zero-order valence-corrected chi connectivity index (χ0v) is 10.6. The summed E-state index contributed by atoms with van der Waals surface area (Å²) in [6.07, 6.45) is 7.10. The van der Waals surface area contributed by atoms with Crippen LogP contribution in [0.25, 0.3) is 0 Å². The van der Waals surface area contributed by atoms with Crippen molar-refractivity contribution in [2.75, 3.05) is 13.2 Å². The molecule has 1 N–H and O–H groups in total. The van der Waals surface area contributed by atoms with E-state index in [4.69, 9.17) is 4.74 Å². The van der Waals surface area contributed by atoms with Crippen molar-refractivity contribution >= 4 is 12.4 Å². The van der Waals surface area contributed by atoms with E-state index in [0.717, 1.165) is 30.4 Å². The van der Waals surface area contributed by atoms with Gasteiger partial charge in [0.05, 0.1) is 5.69 Å². The van der Waals surface area contributed by atoms with Gasteiger partial charge in [0.15, 0.2) is 0 Å². The van der Waals surface area contributed by atoms with Crippen molar-refractivity contribution in [1.29, 1.82) is 0 Å². The molecule has 0 bridgehead atoms. The minimum atomic E-state index is 0. The molecule has 4 nitrogen and oxygen atoms in total. The first-order valence-electron chi connectivity index (χ1n) is 6.13. The Balaban J connectivity index is 0.00000108. The van der Waals surface area contributed by atoms with Gasteiger partial charge < -0.3 is 10.1 Å². The summed E-state index contributed by atoms with van der Waals surface area (Å²) in [6, 6.07) is 0. The highest BCUT2D eigenvalue weighted by atomic mass is 35.5. The maximum absolute atomic E-state index is 5.61. The third kappa shape index (κ3) is 2.69. The monoisotopic (exact) mass is 255 g/mol. The summed E-state index contributed by atoms with van der Waals surface area (Å²) >= 11 is 0. The molecule has 94 valence electrons. The number of nitrogens with one attached hydrogen (secondary N) is 1. The van der Waals surface area contributed by atoms with Crippen LogP contribution in [-0.2, 0) is 6.54 Å². The van der Waals surface area contributed by atoms with Crippen LogP contribution in [0.3, 0.4) is 0 Å². The number of aromatic nitrogens is 2. The van der Waals surface area contributed by atoms with Crippen molar-refractivity contribution in [2.45, 2.75) is 38.1 Å². The lowest BCUT2D eigenvalue weighted by molar-refractivity contribution is 0.311. The second kappa shape index (κ2) is 5.65. The Morgan fingerprint density at radius 2 is 2.12 bits per heavy atom. The third-order valence-corrected chi connectivity index (χ3v) is 3.41. The predicted molar refractivity (Wildman–Crippen MR) is 67.7 cm³/mol. The molecule has 0 atom stereocenters. The van der Waals surface area contributed by atoms with E-state index in [1.54, 1.807) is 0 Å². The lowest BCUT2D eigenvalue weighted by Crippen LogP contribution is -2.16. The van der Waals surface area contributed by atoms with Crippen molar-refractivity contribution in [3.63, 3.8) is 0 Å². The van der Waals surface area contributed by atoms with Crippen molar-refractivity contribution in [1.82, 2.24) is 15.3 Å². The minimum absolute atomic E-state index is 0. The molecule has 0 radical (unpaired) electrons. The minimum Gasteiger partial charge on any atom is -0.475 e. The normalized spacial score (nSPS) is 20.0. The van der Waals surface area contributed by atoms with Gasteiger partial charge in [0, 0.05) is 25.2 Å². The van der Waals surface area contributed by atoms with Crippen LogP contribution in [0, 0.1) is 0 Å². The Bertz CT molecular complexity index is 380. The average Bonchev–Trinajstić information content (AvgIpc) is 2.74. The molecule has 1 aliphatic carbocycles. The number of fused-ring (bicyclic) bond motifs is 1. The van der Waals surface area contributed by atoms with Gasteiger partial charge in [0.2, 0.25) is 5.88 Å². The number of halogens is 1. The van der Waals surface area contributed by atoms with Gasteiger partial charge >= 0.3 is 0 Å². The van der Waals surface area contributed by atoms with Crippen LogP contribution in [0.15, 0.2) is 6.20 Å². The van der Waals surface area contributed by atoms with E-state index in [0.29, 0.717) is 12.5 Å². The summed E-state index contributed by atoms with van der Waals surface area (Å²) < 4.78 is 5.61. The van der Waals surface area contributed by atoms with Gasteiger partial charge in [0.25, 0.3) is 0 Å². The molecule has 1 aliphatic heterocycles. The molecular formula is C12H18ClN3O. The molecule has 5 heteroatoms. The fraction of sp³-hybridized carbons (Fsp3) is 0.667. The predicted octanol–water partition coefficient (Wildman–Crippen LogP) is 2.04. The molecule has 17 heavy (non-hydrogen) atoms. The van der Waals surface area contributed by atoms with Crippen molar-refractivity contribution in [3.05, 3.63) is 17.6 Å². The molecule has 1 fully saturated rings. The van der Waals surface area contributed by atoms with Crippen LogP contribution in [-0.4, -0.2) is 23.1 Å². The van der Waals surface area contributed by atoms with Gasteiger partial charge in [-0.25, -0.2) is 4.98 Å². The van der Waals surface area contributed by atoms with Gasteiger partial charge in [-0.15, -0.1) is 12.4 Å². The highest BCUT2D eigenvalue weighted by Gasteiger charge is 2.21. The van der Waals surface area contributed by atoms with E-state index in [-0.39, 0.29) is 12.4 Å². The zero-order chi connectivity index (χ0) is 10.8. The maximum atomic E-state index is 5.61. The first-order chi connectivity index (χ1) is 7.93. The Morgan fingerprint density at radius 3 is 2.94 bits per heavy atom. The first-order valence-corrected chi connectivity index (χ1v) is 6.13. The summed E-state index contributed by atoms with van der Waals surface area (Å²) in [7, 11) is 0. The lowest BCUT2D eigenvalue weighted by atomic mass is 10.1. The number of ether oxygens (including phenoxy) is 1. The fourth-order valence-electron chi connectivity index (χ4n) is 2.49. The van der Waals surface area contributed by atoms with E-state index < -0.39 is 0 Å². The molecule has 3 rings (SSSR count). The Kier molecular flexibility index (Phi) is 4.18. The van der Waals surface area contributed by atoms with Crippen LogP contribution in [0.5, 0.6) is 5.88 Å². The second-order valence-corrected chi connectivity index (χ2v) is 4.55. The molecule has 0 aromatic carbocycles. The van der Waals surface area contributed by atoms with Crippen molar-refractivity contribution in [2.24, 2.45) is 0 Å². The molecule has 2 aliphatic rings. The van der Waals surface area contributed by atoms with Crippen molar-refractivity contribution < 1.29 is 4.74 Å². The Labute approximate surface area is 108 Å². The van der Waals surface area contributed by atoms with Gasteiger partial charge in [-0.1, -0.05) is 12.8 Å². The highest BCUT2D eigenvalue weighted by molar-refractivity contribution is 5.85. The van der Waals surface area contributed by atoms with E-state index in [1.165, 1.54) is 25.7 Å². The fourth-order valence-corrected chi connectivity index (χ4v) is 2.49. The SMILES string of the molecule is Cl.c1nc2c(nc1C1CCCC1)OCCNC2. The van der Waals surface area contributed by atoms with Crippen LogP contribution < -0.4 is 10.1 Å². The van der Waals surface area contributed by atoms with Crippen LogP contribution in [0.4, 0.5) is 0 Å². The van der Waals surface area contributed by atoms with Crippen molar-refractivity contribution in [3.8, 4) is 5.88 Å². The third-order valence-electron chi connectivity index (χ3n) is 3.41. The molecule has 1 aromatic heterocycles. The summed E-state index contributed by atoms with van der Waals surface area (Å²) in [5.74, 6) is 1.35. The number of rotatable bonds is 1. The summed E-state index contributed by atoms with van der Waals surface area (Å²) in [5, 5.41) is 3.26. The molecule has 0 spiro atoms. The topological polar surface area (TPSA) is 47.0 Å². The van der Waals surface area contributed by atoms with Gasteiger partial charge in [-0.2, -0.15) is 0 Å². The first kappa shape index (κ1) is 12.6. The summed E-state index contributed by atoms with van der Waals surface area (Å²) in [5.41, 5.74) is 2.07. The van der Waals surface area contributed by atoms with E-state index in [1.807, 2.05) is 6.20 Å². The van der Waals surface area contributed by atoms with Crippen LogP contribution in [0.2, 0.25) is 0 Å². The standard InChI is InChI=1S/C12H17N3O.ClH/c1-2-4-9(3-1)10-8-14-11-7-13-5-6-16-12(11)15-10;/h8-9,13H,1-7H2;1H. The van der Waals surface area contributed by atoms with E-state index >= 15 is 0 Å². The quantitative estimate of drug-likeness (QED) is 0.834. The van der Waals surface area contributed by atoms with Crippen LogP contribution in [0.1, 0.15) is 43.0 Å². The van der Waals surface area contributed by atoms with Gasteiger partial charge in [-0.3, -0.25) is 4.98 Å². The van der Waals surface area contributed by atoms with E-state index in [9.17, 15) is 0 Å². The molecule has 0 saturated heterocycles. The zero-order valence-electron chi connectivity index (χ0n) is 9.82. The maximum Gasteiger partial charge on any atom is 0.237 e.